The molecule has 3 aromatic rings. The molecular weight excluding hydrogens is 380 g/mol. The highest BCUT2D eigenvalue weighted by Crippen LogP contribution is 2.27. The van der Waals surface area contributed by atoms with Crippen LogP contribution in [-0.2, 0) is 5.75 Å². The van der Waals surface area contributed by atoms with Gasteiger partial charge in [-0.3, -0.25) is 4.57 Å². The van der Waals surface area contributed by atoms with E-state index < -0.39 is 0 Å². The molecule has 0 aliphatic carbocycles. The number of hydrogen-bond donors (Lipinski definition) is 0. The Bertz CT molecular complexity index is 945. The van der Waals surface area contributed by atoms with Crippen LogP contribution in [-0.4, -0.2) is 37.6 Å². The molecule has 0 fully saturated rings. The minimum absolute atomic E-state index is 0.307. The number of hydrogen-bond acceptors (Lipinski definition) is 8. The number of methoxy groups -OCH3 is 1. The monoisotopic (exact) mass is 398 g/mol. The van der Waals surface area contributed by atoms with Crippen LogP contribution in [0.1, 0.15) is 17.2 Å². The van der Waals surface area contributed by atoms with Gasteiger partial charge in [-0.25, -0.2) is 9.97 Å². The second-order valence-electron chi connectivity index (χ2n) is 5.60. The molecule has 138 valence electrons. The number of nitriles is 1. The van der Waals surface area contributed by atoms with Crippen molar-refractivity contribution in [3.8, 4) is 17.5 Å². The third kappa shape index (κ3) is 4.78. The van der Waals surface area contributed by atoms with Crippen LogP contribution in [0.25, 0.3) is 5.69 Å². The summed E-state index contributed by atoms with van der Waals surface area (Å²) in [6.45, 7) is 3.91. The molecule has 0 unspecified atom stereocenters. The topological polar surface area (TPSA) is 89.5 Å². The molecule has 0 spiro atoms. The van der Waals surface area contributed by atoms with Gasteiger partial charge < -0.3 is 4.74 Å². The maximum absolute atomic E-state index is 8.90. The maximum atomic E-state index is 8.90. The zero-order valence-corrected chi connectivity index (χ0v) is 16.8. The predicted octanol–water partition coefficient (Wildman–Crippen LogP) is 3.59. The maximum Gasteiger partial charge on any atom is 0.196 e. The van der Waals surface area contributed by atoms with Crippen molar-refractivity contribution in [1.29, 1.82) is 5.26 Å². The molecule has 2 heterocycles. The van der Waals surface area contributed by atoms with Gasteiger partial charge in [0.15, 0.2) is 10.3 Å². The Hall–Kier alpha value is -2.57. The fourth-order valence-corrected chi connectivity index (χ4v) is 3.96. The fraction of sp³-hybridized carbons (Fsp3) is 0.278. The molecule has 1 aromatic carbocycles. The molecule has 0 radical (unpaired) electrons. The van der Waals surface area contributed by atoms with Crippen molar-refractivity contribution in [1.82, 2.24) is 24.7 Å². The summed E-state index contributed by atoms with van der Waals surface area (Å²) in [6, 6.07) is 11.7. The molecule has 0 atom stereocenters. The molecule has 2 aromatic heterocycles. The average molecular weight is 399 g/mol. The van der Waals surface area contributed by atoms with E-state index in [0.29, 0.717) is 21.8 Å². The summed E-state index contributed by atoms with van der Waals surface area (Å²) in [7, 11) is 1.63. The SMILES string of the molecule is COc1ccc(-n2c(CSc3nc(C)cc(C)n3)nnc2SCC#N)cc1. The molecule has 0 aliphatic rings. The van der Waals surface area contributed by atoms with Crippen molar-refractivity contribution >= 4 is 23.5 Å². The summed E-state index contributed by atoms with van der Waals surface area (Å²) >= 11 is 2.87. The van der Waals surface area contributed by atoms with Gasteiger partial charge in [0.05, 0.1) is 24.7 Å². The van der Waals surface area contributed by atoms with E-state index in [-0.39, 0.29) is 0 Å². The van der Waals surface area contributed by atoms with Gasteiger partial charge in [-0.15, -0.1) is 10.2 Å². The van der Waals surface area contributed by atoms with Crippen LogP contribution >= 0.6 is 23.5 Å². The molecular formula is C18H18N6OS2. The first-order valence-electron chi connectivity index (χ1n) is 8.14. The van der Waals surface area contributed by atoms with Gasteiger partial charge in [-0.05, 0) is 44.2 Å². The molecule has 0 bridgehead atoms. The first kappa shape index (κ1) is 19.2. The lowest BCUT2D eigenvalue weighted by Gasteiger charge is -2.10. The molecule has 0 saturated heterocycles. The number of ether oxygens (including phenoxy) is 1. The van der Waals surface area contributed by atoms with E-state index >= 15 is 0 Å². The summed E-state index contributed by atoms with van der Waals surface area (Å²) in [5.41, 5.74) is 2.79. The van der Waals surface area contributed by atoms with Crippen LogP contribution in [0.3, 0.4) is 0 Å². The number of nitrogens with zero attached hydrogens (tertiary/aromatic N) is 6. The van der Waals surface area contributed by atoms with E-state index in [9.17, 15) is 0 Å². The van der Waals surface area contributed by atoms with Crippen LogP contribution in [0.15, 0.2) is 40.6 Å². The Labute approximate surface area is 166 Å². The van der Waals surface area contributed by atoms with E-state index in [2.05, 4.69) is 26.2 Å². The largest absolute Gasteiger partial charge is 0.497 e. The van der Waals surface area contributed by atoms with Crippen LogP contribution < -0.4 is 4.74 Å². The predicted molar refractivity (Wildman–Crippen MR) is 105 cm³/mol. The molecule has 3 rings (SSSR count). The molecule has 27 heavy (non-hydrogen) atoms. The Morgan fingerprint density at radius 2 is 1.78 bits per heavy atom. The summed E-state index contributed by atoms with van der Waals surface area (Å²) in [5.74, 6) is 2.42. The Morgan fingerprint density at radius 1 is 1.07 bits per heavy atom. The molecule has 0 saturated carbocycles. The van der Waals surface area contributed by atoms with Crippen LogP contribution in [0.4, 0.5) is 0 Å². The summed E-state index contributed by atoms with van der Waals surface area (Å²) in [5, 5.41) is 18.9. The molecule has 0 amide bonds. The third-order valence-electron chi connectivity index (χ3n) is 3.59. The number of benzene rings is 1. The fourth-order valence-electron chi connectivity index (χ4n) is 2.46. The second-order valence-corrected chi connectivity index (χ2v) is 7.49. The van der Waals surface area contributed by atoms with E-state index in [1.807, 2.05) is 48.7 Å². The van der Waals surface area contributed by atoms with Gasteiger partial charge in [-0.1, -0.05) is 23.5 Å². The Morgan fingerprint density at radius 3 is 2.41 bits per heavy atom. The average Bonchev–Trinajstić information content (AvgIpc) is 3.07. The minimum atomic E-state index is 0.307. The van der Waals surface area contributed by atoms with Crippen molar-refractivity contribution in [2.24, 2.45) is 0 Å². The Kier molecular flexibility index (Phi) is 6.32. The third-order valence-corrected chi connectivity index (χ3v) is 5.23. The zero-order valence-electron chi connectivity index (χ0n) is 15.2. The zero-order chi connectivity index (χ0) is 19.2. The first-order valence-corrected chi connectivity index (χ1v) is 10.1. The van der Waals surface area contributed by atoms with Crippen LogP contribution in [0, 0.1) is 25.2 Å². The van der Waals surface area contributed by atoms with Gasteiger partial charge in [0.1, 0.15) is 11.6 Å². The highest BCUT2D eigenvalue weighted by atomic mass is 32.2. The molecule has 7 nitrogen and oxygen atoms in total. The quantitative estimate of drug-likeness (QED) is 0.441. The van der Waals surface area contributed by atoms with Gasteiger partial charge >= 0.3 is 0 Å². The smallest absolute Gasteiger partial charge is 0.196 e. The van der Waals surface area contributed by atoms with Gasteiger partial charge in [0, 0.05) is 17.1 Å². The lowest BCUT2D eigenvalue weighted by atomic mass is 10.3. The number of rotatable bonds is 7. The highest BCUT2D eigenvalue weighted by Gasteiger charge is 2.15. The van der Waals surface area contributed by atoms with Crippen LogP contribution in [0.2, 0.25) is 0 Å². The van der Waals surface area contributed by atoms with Crippen molar-refractivity contribution in [2.75, 3.05) is 12.9 Å². The van der Waals surface area contributed by atoms with E-state index in [1.54, 1.807) is 7.11 Å². The number of aryl methyl sites for hydroxylation is 2. The lowest BCUT2D eigenvalue weighted by Crippen LogP contribution is -2.03. The van der Waals surface area contributed by atoms with E-state index in [0.717, 1.165) is 28.6 Å². The summed E-state index contributed by atoms with van der Waals surface area (Å²) in [6.07, 6.45) is 0. The van der Waals surface area contributed by atoms with Crippen molar-refractivity contribution in [3.05, 3.63) is 47.5 Å². The standard InChI is InChI=1S/C18H18N6OS2/c1-12-10-13(2)21-17(20-12)27-11-16-22-23-18(26-9-8-19)24(16)14-4-6-15(25-3)7-5-14/h4-7,10H,9,11H2,1-3H3. The van der Waals surface area contributed by atoms with Gasteiger partial charge in [0.25, 0.3) is 0 Å². The van der Waals surface area contributed by atoms with Crippen molar-refractivity contribution < 1.29 is 4.74 Å². The normalized spacial score (nSPS) is 10.6. The molecule has 9 heteroatoms. The number of aromatic nitrogens is 5. The van der Waals surface area contributed by atoms with Crippen molar-refractivity contribution in [3.63, 3.8) is 0 Å². The van der Waals surface area contributed by atoms with Crippen molar-refractivity contribution in [2.45, 2.75) is 29.9 Å². The van der Waals surface area contributed by atoms with Gasteiger partial charge in [0.2, 0.25) is 0 Å². The summed E-state index contributed by atoms with van der Waals surface area (Å²) < 4.78 is 7.19. The van der Waals surface area contributed by atoms with Gasteiger partial charge in [-0.2, -0.15) is 5.26 Å². The second kappa shape index (κ2) is 8.88. The minimum Gasteiger partial charge on any atom is -0.497 e. The number of thioether (sulfide) groups is 2. The van der Waals surface area contributed by atoms with Crippen LogP contribution in [0.5, 0.6) is 5.75 Å². The van der Waals surface area contributed by atoms with E-state index in [4.69, 9.17) is 10.00 Å². The first-order chi connectivity index (χ1) is 13.1. The summed E-state index contributed by atoms with van der Waals surface area (Å²) in [4.78, 5) is 8.92. The molecule has 0 N–H and O–H groups in total. The highest BCUT2D eigenvalue weighted by molar-refractivity contribution is 7.99. The lowest BCUT2D eigenvalue weighted by molar-refractivity contribution is 0.414. The Balaban J connectivity index is 1.89. The molecule has 0 aliphatic heterocycles. The van der Waals surface area contributed by atoms with E-state index in [1.165, 1.54) is 23.5 Å².